The highest BCUT2D eigenvalue weighted by Gasteiger charge is 2.34. The Bertz CT molecular complexity index is 1000. The van der Waals surface area contributed by atoms with Crippen LogP contribution in [0.4, 0.5) is 4.79 Å². The molecule has 4 rings (SSSR count). The monoisotopic (exact) mass is 464 g/mol. The highest BCUT2D eigenvalue weighted by molar-refractivity contribution is 5.79. The maximum atomic E-state index is 12.5. The summed E-state index contributed by atoms with van der Waals surface area (Å²) in [6, 6.07) is 16.0. The van der Waals surface area contributed by atoms with Crippen LogP contribution in [0.5, 0.6) is 0 Å². The fraction of sp³-hybridized carbons (Fsp3) is 0.444. The number of nitrogens with one attached hydrogen (secondary N) is 2. The molecule has 2 aliphatic carbocycles. The van der Waals surface area contributed by atoms with Gasteiger partial charge >= 0.3 is 12.1 Å². The van der Waals surface area contributed by atoms with Crippen LogP contribution in [0.3, 0.4) is 0 Å². The zero-order valence-corrected chi connectivity index (χ0v) is 19.5. The Balaban J connectivity index is 1.28. The molecular weight excluding hydrogens is 432 g/mol. The van der Waals surface area contributed by atoms with Gasteiger partial charge in [0.2, 0.25) is 5.91 Å². The molecule has 1 unspecified atom stereocenters. The van der Waals surface area contributed by atoms with E-state index in [1.54, 1.807) is 0 Å². The van der Waals surface area contributed by atoms with E-state index in [4.69, 9.17) is 9.84 Å². The van der Waals surface area contributed by atoms with Crippen molar-refractivity contribution < 1.29 is 24.2 Å². The summed E-state index contributed by atoms with van der Waals surface area (Å²) in [5.74, 6) is -0.674. The number of aliphatic carboxylic acids is 1. The summed E-state index contributed by atoms with van der Waals surface area (Å²) in [5.41, 5.74) is 4.69. The molecule has 1 saturated carbocycles. The number of carbonyl (C=O) groups excluding carboxylic acids is 2. The number of carboxylic acid groups (broad SMARTS) is 1. The Morgan fingerprint density at radius 3 is 2.18 bits per heavy atom. The molecule has 7 heteroatoms. The lowest BCUT2D eigenvalue weighted by Crippen LogP contribution is -2.39. The molecule has 7 nitrogen and oxygen atoms in total. The van der Waals surface area contributed by atoms with E-state index < -0.39 is 12.1 Å². The van der Waals surface area contributed by atoms with Crippen molar-refractivity contribution in [1.29, 1.82) is 0 Å². The van der Waals surface area contributed by atoms with Crippen LogP contribution in [0.2, 0.25) is 0 Å². The van der Waals surface area contributed by atoms with Crippen LogP contribution < -0.4 is 10.6 Å². The van der Waals surface area contributed by atoms with Crippen LogP contribution in [0.15, 0.2) is 48.5 Å². The van der Waals surface area contributed by atoms with Crippen molar-refractivity contribution in [2.45, 2.75) is 51.0 Å². The molecule has 0 heterocycles. The van der Waals surface area contributed by atoms with Gasteiger partial charge in [-0.2, -0.15) is 0 Å². The molecule has 34 heavy (non-hydrogen) atoms. The Morgan fingerprint density at radius 2 is 1.62 bits per heavy atom. The second kappa shape index (κ2) is 10.7. The summed E-state index contributed by atoms with van der Waals surface area (Å²) in [6.45, 7) is 2.47. The summed E-state index contributed by atoms with van der Waals surface area (Å²) in [6.07, 6.45) is 2.33. The van der Waals surface area contributed by atoms with Gasteiger partial charge in [0.15, 0.2) is 0 Å². The lowest BCUT2D eigenvalue weighted by atomic mass is 9.98. The van der Waals surface area contributed by atoms with Crippen molar-refractivity contribution in [1.82, 2.24) is 10.6 Å². The van der Waals surface area contributed by atoms with Gasteiger partial charge in [-0.05, 0) is 53.4 Å². The standard InChI is InChI=1S/C27H32N2O5/c1-2-19(14-26(31)32)29-25(30)13-18(17-11-12-17)15-28-27(33)34-16-24-22-9-5-3-7-20(22)21-8-4-6-10-23(21)24/h3-10,17-19,24H,2,11-16H2,1H3,(H,28,33)(H,29,30)(H,31,32)/t18?,19-/m0/s1. The van der Waals surface area contributed by atoms with E-state index in [9.17, 15) is 14.4 Å². The molecule has 0 radical (unpaired) electrons. The van der Waals surface area contributed by atoms with Gasteiger partial charge in [-0.1, -0.05) is 55.5 Å². The van der Waals surface area contributed by atoms with E-state index in [0.29, 0.717) is 18.9 Å². The van der Waals surface area contributed by atoms with Gasteiger partial charge in [0, 0.05) is 24.9 Å². The molecule has 180 valence electrons. The number of hydrogen-bond acceptors (Lipinski definition) is 4. The van der Waals surface area contributed by atoms with Crippen molar-refractivity contribution in [2.75, 3.05) is 13.2 Å². The number of carbonyl (C=O) groups is 3. The van der Waals surface area contributed by atoms with E-state index in [-0.39, 0.29) is 43.2 Å². The minimum Gasteiger partial charge on any atom is -0.481 e. The van der Waals surface area contributed by atoms with Crippen LogP contribution >= 0.6 is 0 Å². The van der Waals surface area contributed by atoms with E-state index in [1.165, 1.54) is 11.1 Å². The number of benzene rings is 2. The highest BCUT2D eigenvalue weighted by atomic mass is 16.5. The number of carboxylic acids is 1. The van der Waals surface area contributed by atoms with Crippen LogP contribution in [-0.4, -0.2) is 42.3 Å². The molecule has 2 atom stereocenters. The summed E-state index contributed by atoms with van der Waals surface area (Å²) in [4.78, 5) is 35.9. The van der Waals surface area contributed by atoms with E-state index in [1.807, 2.05) is 31.2 Å². The first-order valence-corrected chi connectivity index (χ1v) is 12.1. The molecule has 2 amide bonds. The van der Waals surface area contributed by atoms with Crippen LogP contribution in [0.25, 0.3) is 11.1 Å². The van der Waals surface area contributed by atoms with E-state index in [0.717, 1.165) is 24.0 Å². The second-order valence-corrected chi connectivity index (χ2v) is 9.28. The van der Waals surface area contributed by atoms with Gasteiger partial charge in [0.25, 0.3) is 0 Å². The van der Waals surface area contributed by atoms with Crippen LogP contribution in [0.1, 0.15) is 56.1 Å². The maximum Gasteiger partial charge on any atom is 0.407 e. The van der Waals surface area contributed by atoms with E-state index in [2.05, 4.69) is 34.9 Å². The lowest BCUT2D eigenvalue weighted by Gasteiger charge is -2.20. The molecule has 1 fully saturated rings. The zero-order valence-electron chi connectivity index (χ0n) is 19.5. The largest absolute Gasteiger partial charge is 0.481 e. The third-order valence-electron chi connectivity index (χ3n) is 6.87. The van der Waals surface area contributed by atoms with Gasteiger partial charge in [0.1, 0.15) is 6.61 Å². The fourth-order valence-electron chi connectivity index (χ4n) is 4.87. The number of ether oxygens (including phenoxy) is 1. The van der Waals surface area contributed by atoms with Gasteiger partial charge in [-0.25, -0.2) is 4.79 Å². The quantitative estimate of drug-likeness (QED) is 0.460. The summed E-state index contributed by atoms with van der Waals surface area (Å²) < 4.78 is 5.61. The molecular formula is C27H32N2O5. The maximum absolute atomic E-state index is 12.5. The number of rotatable bonds is 11. The van der Waals surface area contributed by atoms with E-state index >= 15 is 0 Å². The smallest absolute Gasteiger partial charge is 0.407 e. The number of hydrogen-bond donors (Lipinski definition) is 3. The van der Waals surface area contributed by atoms with Crippen molar-refractivity contribution in [3.63, 3.8) is 0 Å². The predicted octanol–water partition coefficient (Wildman–Crippen LogP) is 4.31. The molecule has 0 aliphatic heterocycles. The molecule has 0 bridgehead atoms. The van der Waals surface area contributed by atoms with Gasteiger partial charge < -0.3 is 20.5 Å². The van der Waals surface area contributed by atoms with Crippen molar-refractivity contribution in [3.8, 4) is 11.1 Å². The first-order valence-electron chi connectivity index (χ1n) is 12.1. The van der Waals surface area contributed by atoms with Crippen LogP contribution in [0, 0.1) is 11.8 Å². The summed E-state index contributed by atoms with van der Waals surface area (Å²) in [7, 11) is 0. The third-order valence-corrected chi connectivity index (χ3v) is 6.87. The second-order valence-electron chi connectivity index (χ2n) is 9.28. The van der Waals surface area contributed by atoms with Crippen molar-refractivity contribution in [3.05, 3.63) is 59.7 Å². The number of fused-ring (bicyclic) bond motifs is 3. The fourth-order valence-corrected chi connectivity index (χ4v) is 4.87. The first-order chi connectivity index (χ1) is 16.5. The Morgan fingerprint density at radius 1 is 1.00 bits per heavy atom. The Kier molecular flexibility index (Phi) is 7.50. The average Bonchev–Trinajstić information content (AvgIpc) is 3.62. The molecule has 2 aromatic rings. The van der Waals surface area contributed by atoms with Crippen molar-refractivity contribution >= 4 is 18.0 Å². The summed E-state index contributed by atoms with van der Waals surface area (Å²) >= 11 is 0. The number of alkyl carbamates (subject to hydrolysis) is 1. The predicted molar refractivity (Wildman–Crippen MR) is 128 cm³/mol. The Labute approximate surface area is 199 Å². The lowest BCUT2D eigenvalue weighted by molar-refractivity contribution is -0.137. The highest BCUT2D eigenvalue weighted by Crippen LogP contribution is 2.44. The minimum atomic E-state index is -0.928. The summed E-state index contributed by atoms with van der Waals surface area (Å²) in [5, 5.41) is 14.6. The normalized spacial score (nSPS) is 16.1. The van der Waals surface area contributed by atoms with Crippen molar-refractivity contribution in [2.24, 2.45) is 11.8 Å². The minimum absolute atomic E-state index is 0.00312. The average molecular weight is 465 g/mol. The van der Waals surface area contributed by atoms with Gasteiger partial charge in [-0.3, -0.25) is 9.59 Å². The molecule has 2 aromatic carbocycles. The molecule has 2 aliphatic rings. The molecule has 0 aromatic heterocycles. The molecule has 0 saturated heterocycles. The van der Waals surface area contributed by atoms with Gasteiger partial charge in [0.05, 0.1) is 6.42 Å². The Hall–Kier alpha value is -3.35. The number of amides is 2. The SMILES string of the molecule is CC[C@@H](CC(=O)O)NC(=O)CC(CNC(=O)OCC1c2ccccc2-c2ccccc21)C1CC1. The van der Waals surface area contributed by atoms with Crippen LogP contribution in [-0.2, 0) is 14.3 Å². The van der Waals surface area contributed by atoms with Gasteiger partial charge in [-0.15, -0.1) is 0 Å². The molecule has 3 N–H and O–H groups in total. The molecule has 0 spiro atoms. The first kappa shape index (κ1) is 23.8. The third kappa shape index (κ3) is 5.76. The topological polar surface area (TPSA) is 105 Å². The zero-order chi connectivity index (χ0) is 24.1.